The van der Waals surface area contributed by atoms with Crippen molar-refractivity contribution in [3.63, 3.8) is 0 Å². The molecule has 6 saturated carbocycles. The van der Waals surface area contributed by atoms with Gasteiger partial charge in [0.05, 0.1) is 10.8 Å². The largest absolute Gasteiger partial charge is 0.325 e. The average Bonchev–Trinajstić information content (AvgIpc) is 3.33. The molecule has 2 N–H and O–H groups in total. The molecule has 6 atom stereocenters. The minimum absolute atomic E-state index is 0.0565. The minimum atomic E-state index is -0.395. The molecule has 0 saturated heterocycles. The highest BCUT2D eigenvalue weighted by atomic mass is 79.9. The van der Waals surface area contributed by atoms with Crippen LogP contribution in [0.2, 0.25) is 0 Å². The normalized spacial score (nSPS) is 44.4. The first-order valence-corrected chi connectivity index (χ1v) is 13.6. The maximum Gasteiger partial charge on any atom is 0.232 e. The van der Waals surface area contributed by atoms with Crippen molar-refractivity contribution >= 4 is 55.0 Å². The topological polar surface area (TPSA) is 58.2 Å². The van der Waals surface area contributed by atoms with E-state index in [2.05, 4.69) is 84.0 Å². The summed E-state index contributed by atoms with van der Waals surface area (Å²) < 4.78 is 0. The number of fused-ring (bicyclic) bond motifs is 2. The zero-order valence-electron chi connectivity index (χ0n) is 19.9. The summed E-state index contributed by atoms with van der Waals surface area (Å²) in [6.45, 7) is 13.5. The second-order valence-electron chi connectivity index (χ2n) is 12.2. The number of carbonyl (C=O) groups is 2. The van der Waals surface area contributed by atoms with Crippen LogP contribution in [0.4, 0.5) is 11.4 Å². The quantitative estimate of drug-likeness (QED) is 0.397. The van der Waals surface area contributed by atoms with E-state index in [0.29, 0.717) is 0 Å². The van der Waals surface area contributed by atoms with E-state index in [9.17, 15) is 9.59 Å². The molecular weight excluding hydrogens is 532 g/mol. The van der Waals surface area contributed by atoms with Crippen LogP contribution >= 0.6 is 31.9 Å². The molecule has 6 aliphatic rings. The predicted octanol–water partition coefficient (Wildman–Crippen LogP) is 6.74. The molecule has 6 unspecified atom stereocenters. The highest BCUT2D eigenvalue weighted by Crippen LogP contribution is 2.81. The fourth-order valence-electron chi connectivity index (χ4n) is 8.07. The molecule has 6 aliphatic carbocycles. The zero-order valence-corrected chi connectivity index (χ0v) is 23.0. The summed E-state index contributed by atoms with van der Waals surface area (Å²) in [6, 6.07) is 7.58. The lowest BCUT2D eigenvalue weighted by Gasteiger charge is -2.64. The SMILES string of the molecule is CC12CCC(C(=O)Nc3cccc(NC(=O)C45CCC(C)(C4Br)C5(C)C)c3)(C1Br)C2(C)C. The fourth-order valence-corrected chi connectivity index (χ4v) is 11.7. The van der Waals surface area contributed by atoms with Crippen LogP contribution in [-0.4, -0.2) is 21.5 Å². The number of anilines is 2. The number of carbonyl (C=O) groups excluding carboxylic acids is 2. The zero-order chi connectivity index (χ0) is 23.5. The fraction of sp³-hybridized carbons (Fsp3) is 0.692. The lowest BCUT2D eigenvalue weighted by atomic mass is 9.43. The first-order chi connectivity index (χ1) is 14.7. The second-order valence-corrected chi connectivity index (χ2v) is 14.1. The van der Waals surface area contributed by atoms with Crippen molar-refractivity contribution < 1.29 is 9.59 Å². The van der Waals surface area contributed by atoms with Gasteiger partial charge in [-0.25, -0.2) is 0 Å². The Morgan fingerprint density at radius 1 is 0.750 bits per heavy atom. The standard InChI is InChI=1S/C26H34Br2N2O2/c1-21(2)23(5)10-12-25(21,17(23)27)19(31)29-15-8-7-9-16(14-15)30-20(32)26-13-11-24(6,18(26)28)22(26,3)4/h7-9,14,17-18H,10-13H2,1-6H3,(H,29,31)(H,30,32). The van der Waals surface area contributed by atoms with Gasteiger partial charge in [-0.05, 0) is 65.5 Å². The maximum absolute atomic E-state index is 13.5. The van der Waals surface area contributed by atoms with Crippen LogP contribution < -0.4 is 10.6 Å². The third-order valence-electron chi connectivity index (χ3n) is 11.3. The molecule has 0 aliphatic heterocycles. The summed E-state index contributed by atoms with van der Waals surface area (Å²) in [6.07, 6.45) is 3.92. The molecule has 174 valence electrons. The number of benzene rings is 1. The second kappa shape index (κ2) is 6.41. The van der Waals surface area contributed by atoms with E-state index in [1.54, 1.807) is 0 Å². The maximum atomic E-state index is 13.5. The molecule has 4 nitrogen and oxygen atoms in total. The van der Waals surface area contributed by atoms with Gasteiger partial charge in [-0.2, -0.15) is 0 Å². The molecule has 0 aromatic heterocycles. The molecule has 6 heteroatoms. The van der Waals surface area contributed by atoms with Gasteiger partial charge in [-0.3, -0.25) is 9.59 Å². The summed E-state index contributed by atoms with van der Waals surface area (Å²) in [5.74, 6) is 0.155. The lowest BCUT2D eigenvalue weighted by Crippen LogP contribution is -2.68. The van der Waals surface area contributed by atoms with E-state index in [1.165, 1.54) is 0 Å². The van der Waals surface area contributed by atoms with Crippen molar-refractivity contribution in [3.05, 3.63) is 24.3 Å². The van der Waals surface area contributed by atoms with Crippen LogP contribution in [0.1, 0.15) is 67.2 Å². The van der Waals surface area contributed by atoms with Crippen molar-refractivity contribution in [2.75, 3.05) is 10.6 Å². The third kappa shape index (κ3) is 2.17. The van der Waals surface area contributed by atoms with Gasteiger partial charge in [0.2, 0.25) is 11.8 Å². The third-order valence-corrected chi connectivity index (χ3v) is 14.9. The van der Waals surface area contributed by atoms with Crippen LogP contribution in [0, 0.1) is 32.5 Å². The first kappa shape index (κ1) is 22.9. The Balaban J connectivity index is 1.34. The van der Waals surface area contributed by atoms with E-state index in [4.69, 9.17) is 0 Å². The number of amides is 2. The molecule has 1 aromatic carbocycles. The number of halogens is 2. The Morgan fingerprint density at radius 3 is 1.41 bits per heavy atom. The molecule has 0 heterocycles. The first-order valence-electron chi connectivity index (χ1n) is 11.7. The summed E-state index contributed by atoms with van der Waals surface area (Å²) in [5.41, 5.74) is 0.859. The highest BCUT2D eigenvalue weighted by Gasteiger charge is 2.81. The van der Waals surface area contributed by atoms with Crippen molar-refractivity contribution in [1.82, 2.24) is 0 Å². The van der Waals surface area contributed by atoms with Crippen LogP contribution in [0.3, 0.4) is 0 Å². The monoisotopic (exact) mass is 564 g/mol. The summed E-state index contributed by atoms with van der Waals surface area (Å²) in [5, 5.41) is 6.34. The number of rotatable bonds is 4. The Hall–Kier alpha value is -0.880. The molecule has 6 fully saturated rings. The average molecular weight is 566 g/mol. The molecule has 1 aromatic rings. The van der Waals surface area contributed by atoms with Gasteiger partial charge >= 0.3 is 0 Å². The lowest BCUT2D eigenvalue weighted by molar-refractivity contribution is -0.156. The molecule has 7 rings (SSSR count). The van der Waals surface area contributed by atoms with Crippen molar-refractivity contribution in [3.8, 4) is 0 Å². The van der Waals surface area contributed by atoms with Crippen molar-refractivity contribution in [1.29, 1.82) is 0 Å². The Bertz CT molecular complexity index is 961. The van der Waals surface area contributed by atoms with E-state index in [1.807, 2.05) is 24.3 Å². The molecule has 32 heavy (non-hydrogen) atoms. The van der Waals surface area contributed by atoms with Crippen molar-refractivity contribution in [2.24, 2.45) is 32.5 Å². The van der Waals surface area contributed by atoms with Crippen LogP contribution in [-0.2, 0) is 9.59 Å². The number of alkyl halides is 2. The van der Waals surface area contributed by atoms with Crippen molar-refractivity contribution in [2.45, 2.75) is 76.9 Å². The predicted molar refractivity (Wildman–Crippen MR) is 136 cm³/mol. The van der Waals surface area contributed by atoms with Crippen LogP contribution in [0.5, 0.6) is 0 Å². The molecular formula is C26H34Br2N2O2. The van der Waals surface area contributed by atoms with Gasteiger partial charge in [0.1, 0.15) is 0 Å². The molecule has 0 spiro atoms. The van der Waals surface area contributed by atoms with Gasteiger partial charge in [0.25, 0.3) is 0 Å². The van der Waals surface area contributed by atoms with Gasteiger partial charge in [0, 0.05) is 21.0 Å². The van der Waals surface area contributed by atoms with Gasteiger partial charge < -0.3 is 10.6 Å². The Kier molecular flexibility index (Phi) is 4.59. The van der Waals surface area contributed by atoms with Gasteiger partial charge in [0.15, 0.2) is 0 Å². The van der Waals surface area contributed by atoms with E-state index in [0.717, 1.165) is 37.1 Å². The number of hydrogen-bond acceptors (Lipinski definition) is 2. The highest BCUT2D eigenvalue weighted by molar-refractivity contribution is 9.09. The minimum Gasteiger partial charge on any atom is -0.325 e. The molecule has 4 bridgehead atoms. The van der Waals surface area contributed by atoms with Gasteiger partial charge in [-0.15, -0.1) is 0 Å². The van der Waals surface area contributed by atoms with Gasteiger partial charge in [-0.1, -0.05) is 79.5 Å². The summed E-state index contributed by atoms with van der Waals surface area (Å²) in [4.78, 5) is 27.3. The molecule has 0 radical (unpaired) electrons. The van der Waals surface area contributed by atoms with Crippen LogP contribution in [0.25, 0.3) is 0 Å². The molecule has 2 amide bonds. The van der Waals surface area contributed by atoms with E-state index in [-0.39, 0.29) is 43.1 Å². The van der Waals surface area contributed by atoms with Crippen LogP contribution in [0.15, 0.2) is 24.3 Å². The van der Waals surface area contributed by atoms with E-state index < -0.39 is 10.8 Å². The smallest absolute Gasteiger partial charge is 0.232 e. The van der Waals surface area contributed by atoms with E-state index >= 15 is 0 Å². The summed E-state index contributed by atoms with van der Waals surface area (Å²) in [7, 11) is 0. The number of hydrogen-bond donors (Lipinski definition) is 2. The Morgan fingerprint density at radius 2 is 1.12 bits per heavy atom. The summed E-state index contributed by atoms with van der Waals surface area (Å²) >= 11 is 7.70. The Labute approximate surface area is 208 Å². The number of nitrogens with one attached hydrogen (secondary N) is 2.